The second-order valence-corrected chi connectivity index (χ2v) is 4.73. The van der Waals surface area contributed by atoms with Gasteiger partial charge in [-0.25, -0.2) is 8.78 Å². The molecule has 3 N–H and O–H groups in total. The Morgan fingerprint density at radius 1 is 1.29 bits per heavy atom. The van der Waals surface area contributed by atoms with E-state index >= 15 is 0 Å². The van der Waals surface area contributed by atoms with E-state index in [0.29, 0.717) is 12.6 Å². The smallest absolute Gasteiger partial charge is 0.254 e. The van der Waals surface area contributed by atoms with Crippen LogP contribution < -0.4 is 10.6 Å². The molecule has 1 fully saturated rings. The molecule has 0 unspecified atom stereocenters. The topological polar surface area (TPSA) is 64.6 Å². The molecule has 21 heavy (non-hydrogen) atoms. The predicted molar refractivity (Wildman–Crippen MR) is 69.6 cm³/mol. The lowest BCUT2D eigenvalue weighted by atomic mass is 10.1. The van der Waals surface area contributed by atoms with Crippen molar-refractivity contribution in [3.05, 3.63) is 29.1 Å². The zero-order chi connectivity index (χ0) is 15.4. The Morgan fingerprint density at radius 2 is 1.95 bits per heavy atom. The third kappa shape index (κ3) is 3.64. The molecule has 0 saturated carbocycles. The summed E-state index contributed by atoms with van der Waals surface area (Å²) in [4.78, 5) is 13.8. The highest BCUT2D eigenvalue weighted by Gasteiger charge is 2.22. The lowest BCUT2D eigenvalue weighted by Gasteiger charge is -2.27. The van der Waals surface area contributed by atoms with E-state index in [1.165, 1.54) is 0 Å². The van der Waals surface area contributed by atoms with Crippen molar-refractivity contribution in [2.75, 3.05) is 39.3 Å². The molecule has 1 amide bonds. The van der Waals surface area contributed by atoms with Crippen molar-refractivity contribution in [1.29, 1.82) is 0 Å². The number of rotatable bonds is 4. The van der Waals surface area contributed by atoms with Crippen LogP contribution in [0.25, 0.3) is 0 Å². The maximum Gasteiger partial charge on any atom is 0.254 e. The van der Waals surface area contributed by atoms with Crippen molar-refractivity contribution >= 4 is 5.91 Å². The minimum atomic E-state index is -1.70. The summed E-state index contributed by atoms with van der Waals surface area (Å²) in [5, 5.41) is 14.7. The van der Waals surface area contributed by atoms with E-state index in [1.54, 1.807) is 0 Å². The van der Waals surface area contributed by atoms with Gasteiger partial charge in [0.05, 0.1) is 5.56 Å². The van der Waals surface area contributed by atoms with Crippen molar-refractivity contribution in [2.45, 2.75) is 0 Å². The first-order chi connectivity index (χ1) is 10.0. The van der Waals surface area contributed by atoms with Gasteiger partial charge >= 0.3 is 0 Å². The summed E-state index contributed by atoms with van der Waals surface area (Å²) < 4.78 is 39.6. The highest BCUT2D eigenvalue weighted by atomic mass is 19.2. The van der Waals surface area contributed by atoms with Gasteiger partial charge in [-0.2, -0.15) is 4.39 Å². The lowest BCUT2D eigenvalue weighted by molar-refractivity contribution is 0.0941. The van der Waals surface area contributed by atoms with Gasteiger partial charge < -0.3 is 15.7 Å². The van der Waals surface area contributed by atoms with Gasteiger partial charge in [0.1, 0.15) is 0 Å². The Kier molecular flexibility index (Phi) is 5.03. The number of halogens is 3. The molecule has 1 aromatic rings. The van der Waals surface area contributed by atoms with Crippen molar-refractivity contribution < 1.29 is 23.1 Å². The van der Waals surface area contributed by atoms with Gasteiger partial charge in [0, 0.05) is 39.3 Å². The molecule has 8 heteroatoms. The summed E-state index contributed by atoms with van der Waals surface area (Å²) in [7, 11) is 0. The number of amides is 1. The van der Waals surface area contributed by atoms with Crippen LogP contribution in [-0.2, 0) is 0 Å². The molecule has 2 rings (SSSR count). The highest BCUT2D eigenvalue weighted by Crippen LogP contribution is 2.25. The highest BCUT2D eigenvalue weighted by molar-refractivity contribution is 5.94. The molecular weight excluding hydrogens is 287 g/mol. The zero-order valence-corrected chi connectivity index (χ0v) is 11.3. The first-order valence-corrected chi connectivity index (χ1v) is 6.58. The zero-order valence-electron chi connectivity index (χ0n) is 11.3. The predicted octanol–water partition coefficient (Wildman–Crippen LogP) is 0.444. The summed E-state index contributed by atoms with van der Waals surface area (Å²) in [5.74, 6) is -7.02. The Morgan fingerprint density at radius 3 is 2.62 bits per heavy atom. The lowest BCUT2D eigenvalue weighted by Crippen LogP contribution is -2.46. The minimum absolute atomic E-state index is 0.248. The number of nitrogens with one attached hydrogen (secondary N) is 2. The fraction of sp³-hybridized carbons (Fsp3) is 0.462. The molecule has 5 nitrogen and oxygen atoms in total. The molecule has 0 bridgehead atoms. The van der Waals surface area contributed by atoms with Gasteiger partial charge in [-0.05, 0) is 6.07 Å². The number of hydrogen-bond acceptors (Lipinski definition) is 4. The molecule has 1 saturated heterocycles. The SMILES string of the molecule is O=C(NCCN1CCNCC1)c1cc(F)c(F)c(O)c1F. The maximum atomic E-state index is 13.5. The van der Waals surface area contributed by atoms with Crippen LogP contribution in [0.15, 0.2) is 6.07 Å². The summed E-state index contributed by atoms with van der Waals surface area (Å²) in [6.45, 7) is 4.23. The van der Waals surface area contributed by atoms with Gasteiger partial charge in [0.15, 0.2) is 17.4 Å². The average Bonchev–Trinajstić information content (AvgIpc) is 2.49. The summed E-state index contributed by atoms with van der Waals surface area (Å²) >= 11 is 0. The Hall–Kier alpha value is -1.80. The van der Waals surface area contributed by atoms with Crippen molar-refractivity contribution in [3.63, 3.8) is 0 Å². The summed E-state index contributed by atoms with van der Waals surface area (Å²) in [6.07, 6.45) is 0. The van der Waals surface area contributed by atoms with Crippen molar-refractivity contribution in [2.24, 2.45) is 0 Å². The van der Waals surface area contributed by atoms with Crippen LogP contribution in [0, 0.1) is 17.5 Å². The van der Waals surface area contributed by atoms with Gasteiger partial charge in [-0.15, -0.1) is 0 Å². The monoisotopic (exact) mass is 303 g/mol. The van der Waals surface area contributed by atoms with E-state index < -0.39 is 34.7 Å². The number of aromatic hydroxyl groups is 1. The van der Waals surface area contributed by atoms with Crippen LogP contribution >= 0.6 is 0 Å². The number of nitrogens with zero attached hydrogens (tertiary/aromatic N) is 1. The number of phenolic OH excluding ortho intramolecular Hbond substituents is 1. The van der Waals surface area contributed by atoms with Crippen LogP contribution in [-0.4, -0.2) is 55.2 Å². The molecule has 1 aromatic carbocycles. The molecule has 1 aliphatic rings. The van der Waals surface area contributed by atoms with Gasteiger partial charge in [-0.1, -0.05) is 0 Å². The number of benzene rings is 1. The van der Waals surface area contributed by atoms with E-state index in [2.05, 4.69) is 15.5 Å². The third-order valence-corrected chi connectivity index (χ3v) is 3.30. The summed E-state index contributed by atoms with van der Waals surface area (Å²) in [6, 6.07) is 0.435. The van der Waals surface area contributed by atoms with E-state index in [9.17, 15) is 18.0 Å². The first kappa shape index (κ1) is 15.6. The maximum absolute atomic E-state index is 13.5. The molecule has 0 atom stereocenters. The number of hydrogen-bond donors (Lipinski definition) is 3. The van der Waals surface area contributed by atoms with Gasteiger partial charge in [0.25, 0.3) is 5.91 Å². The normalized spacial score (nSPS) is 16.0. The second kappa shape index (κ2) is 6.77. The fourth-order valence-corrected chi connectivity index (χ4v) is 2.11. The van der Waals surface area contributed by atoms with Crippen LogP contribution in [0.5, 0.6) is 5.75 Å². The number of carbonyl (C=O) groups excluding carboxylic acids is 1. The van der Waals surface area contributed by atoms with E-state index in [4.69, 9.17) is 5.11 Å². The Labute approximate surface area is 119 Å². The van der Waals surface area contributed by atoms with E-state index in [0.717, 1.165) is 26.2 Å². The van der Waals surface area contributed by atoms with Crippen LogP contribution in [0.4, 0.5) is 13.2 Å². The van der Waals surface area contributed by atoms with E-state index in [1.807, 2.05) is 0 Å². The Bertz CT molecular complexity index is 534. The third-order valence-electron chi connectivity index (χ3n) is 3.30. The molecular formula is C13H16F3N3O2. The Balaban J connectivity index is 1.94. The van der Waals surface area contributed by atoms with Gasteiger partial charge in [0.2, 0.25) is 5.82 Å². The molecule has 0 spiro atoms. The quantitative estimate of drug-likeness (QED) is 0.707. The van der Waals surface area contributed by atoms with Gasteiger partial charge in [-0.3, -0.25) is 9.69 Å². The molecule has 1 heterocycles. The van der Waals surface area contributed by atoms with Crippen LogP contribution in [0.3, 0.4) is 0 Å². The standard InChI is InChI=1S/C13H16F3N3O2/c14-9-7-8(10(15)12(20)11(9)16)13(21)18-3-6-19-4-1-17-2-5-19/h7,17,20H,1-6H2,(H,18,21). The number of phenols is 1. The van der Waals surface area contributed by atoms with Crippen molar-refractivity contribution in [3.8, 4) is 5.75 Å². The number of carbonyl (C=O) groups is 1. The molecule has 0 aliphatic carbocycles. The molecule has 0 radical (unpaired) electrons. The minimum Gasteiger partial charge on any atom is -0.503 e. The average molecular weight is 303 g/mol. The molecule has 1 aliphatic heterocycles. The first-order valence-electron chi connectivity index (χ1n) is 6.58. The fourth-order valence-electron chi connectivity index (χ4n) is 2.11. The second-order valence-electron chi connectivity index (χ2n) is 4.73. The largest absolute Gasteiger partial charge is 0.503 e. The van der Waals surface area contributed by atoms with Crippen LogP contribution in [0.1, 0.15) is 10.4 Å². The summed E-state index contributed by atoms with van der Waals surface area (Å²) in [5.41, 5.74) is -0.716. The van der Waals surface area contributed by atoms with Crippen molar-refractivity contribution in [1.82, 2.24) is 15.5 Å². The van der Waals surface area contributed by atoms with Crippen LogP contribution in [0.2, 0.25) is 0 Å². The van der Waals surface area contributed by atoms with E-state index in [-0.39, 0.29) is 6.54 Å². The number of piperazine rings is 1. The molecule has 0 aromatic heterocycles. The molecule has 116 valence electrons.